The summed E-state index contributed by atoms with van der Waals surface area (Å²) in [4.78, 5) is 0. The molecule has 0 radical (unpaired) electrons. The fraction of sp³-hybridized carbons (Fsp3) is 0.706. The molecule has 0 aromatic carbocycles. The van der Waals surface area contributed by atoms with Gasteiger partial charge in [-0.1, -0.05) is 85.3 Å². The first kappa shape index (κ1) is 19.8. The summed E-state index contributed by atoms with van der Waals surface area (Å²) in [7, 11) is -3.19. The van der Waals surface area contributed by atoms with Crippen LogP contribution in [0.5, 0.6) is 0 Å². The summed E-state index contributed by atoms with van der Waals surface area (Å²) in [5.41, 5.74) is 6.68. The van der Waals surface area contributed by atoms with Gasteiger partial charge in [0.1, 0.15) is 16.1 Å². The molecule has 0 amide bonds. The van der Waals surface area contributed by atoms with Crippen LogP contribution in [-0.2, 0) is 0 Å². The van der Waals surface area contributed by atoms with Crippen LogP contribution >= 0.6 is 11.6 Å². The van der Waals surface area contributed by atoms with Gasteiger partial charge >= 0.3 is 0 Å². The number of rotatable bonds is 1. The van der Waals surface area contributed by atoms with E-state index >= 15 is 0 Å². The summed E-state index contributed by atoms with van der Waals surface area (Å²) in [6, 6.07) is 0. The van der Waals surface area contributed by atoms with Gasteiger partial charge in [-0.15, -0.1) is 11.3 Å². The molecule has 0 unspecified atom stereocenters. The van der Waals surface area contributed by atoms with Gasteiger partial charge in [0.05, 0.1) is 0 Å². The normalized spacial score (nSPS) is 13.2. The standard InChI is InChI=1S/C17H31ClSi2/c1-16(2,3)19(7,8)14-12-11-13-15(18)20(9,10)17(4,5)6/h11H,1-10H3. The maximum Gasteiger partial charge on any atom is 0.138 e. The van der Waals surface area contributed by atoms with E-state index < -0.39 is 16.1 Å². The predicted molar refractivity (Wildman–Crippen MR) is 99.6 cm³/mol. The van der Waals surface area contributed by atoms with E-state index in [4.69, 9.17) is 11.6 Å². The Morgan fingerprint density at radius 2 is 1.35 bits per heavy atom. The van der Waals surface area contributed by atoms with E-state index in [1.807, 2.05) is 6.08 Å². The summed E-state index contributed by atoms with van der Waals surface area (Å²) >= 11 is 6.48. The smallest absolute Gasteiger partial charge is 0.126 e. The molecule has 0 N–H and O–H groups in total. The van der Waals surface area contributed by atoms with Crippen molar-refractivity contribution in [1.82, 2.24) is 0 Å². The summed E-state index contributed by atoms with van der Waals surface area (Å²) < 4.78 is 0.884. The third-order valence-corrected chi connectivity index (χ3v) is 16.0. The van der Waals surface area contributed by atoms with Crippen LogP contribution < -0.4 is 0 Å². The van der Waals surface area contributed by atoms with Crippen molar-refractivity contribution < 1.29 is 0 Å². The van der Waals surface area contributed by atoms with Crippen LogP contribution in [-0.4, -0.2) is 16.1 Å². The molecule has 0 fully saturated rings. The fourth-order valence-corrected chi connectivity index (χ4v) is 3.82. The highest BCUT2D eigenvalue weighted by Gasteiger charge is 2.38. The van der Waals surface area contributed by atoms with Crippen LogP contribution in [0.4, 0.5) is 0 Å². The molecule has 0 nitrogen and oxygen atoms in total. The third-order valence-electron chi connectivity index (χ3n) is 4.95. The van der Waals surface area contributed by atoms with E-state index in [2.05, 4.69) is 84.9 Å². The molecule has 20 heavy (non-hydrogen) atoms. The SMILES string of the molecule is CC(C)(C)[Si](C)(C)C#CC=C=C(Cl)[Si](C)(C)C(C)(C)C. The van der Waals surface area contributed by atoms with E-state index in [1.54, 1.807) is 0 Å². The third kappa shape index (κ3) is 4.97. The Balaban J connectivity index is 5.33. The van der Waals surface area contributed by atoms with Crippen LogP contribution in [0, 0.1) is 11.5 Å². The van der Waals surface area contributed by atoms with Crippen LogP contribution in [0.1, 0.15) is 41.5 Å². The van der Waals surface area contributed by atoms with Crippen LogP contribution in [0.15, 0.2) is 16.5 Å². The van der Waals surface area contributed by atoms with Crippen molar-refractivity contribution in [2.45, 2.75) is 77.8 Å². The maximum absolute atomic E-state index is 6.48. The van der Waals surface area contributed by atoms with Gasteiger partial charge in [0, 0.05) is 10.7 Å². The summed E-state index contributed by atoms with van der Waals surface area (Å²) in [5.74, 6) is 3.18. The lowest BCUT2D eigenvalue weighted by Gasteiger charge is -2.35. The van der Waals surface area contributed by atoms with Gasteiger partial charge in [0.15, 0.2) is 0 Å². The van der Waals surface area contributed by atoms with Gasteiger partial charge in [-0.25, -0.2) is 0 Å². The highest BCUT2D eigenvalue weighted by molar-refractivity contribution is 6.94. The topological polar surface area (TPSA) is 0 Å². The molecule has 0 aromatic rings. The van der Waals surface area contributed by atoms with Crippen molar-refractivity contribution in [2.24, 2.45) is 0 Å². The van der Waals surface area contributed by atoms with Crippen molar-refractivity contribution >= 4 is 27.7 Å². The molecule has 3 heteroatoms. The first-order chi connectivity index (χ1) is 8.63. The molecule has 114 valence electrons. The first-order valence-electron chi connectivity index (χ1n) is 7.27. The number of hydrogen-bond donors (Lipinski definition) is 0. The lowest BCUT2D eigenvalue weighted by molar-refractivity contribution is 0.727. The Bertz CT molecular complexity index is 468. The second-order valence-electron chi connectivity index (χ2n) is 8.62. The lowest BCUT2D eigenvalue weighted by atomic mass is 10.2. The van der Waals surface area contributed by atoms with Crippen molar-refractivity contribution in [3.63, 3.8) is 0 Å². The monoisotopic (exact) mass is 326 g/mol. The molecule has 0 aliphatic heterocycles. The fourth-order valence-electron chi connectivity index (χ4n) is 1.01. The van der Waals surface area contributed by atoms with Crippen molar-refractivity contribution in [3.8, 4) is 11.5 Å². The van der Waals surface area contributed by atoms with Gasteiger partial charge in [-0.3, -0.25) is 0 Å². The summed E-state index contributed by atoms with van der Waals surface area (Å²) in [6.45, 7) is 22.8. The Kier molecular flexibility index (Phi) is 6.22. The highest BCUT2D eigenvalue weighted by Crippen LogP contribution is 2.41. The molecule has 0 bridgehead atoms. The second kappa shape index (κ2) is 6.28. The molecule has 0 aliphatic carbocycles. The van der Waals surface area contributed by atoms with Gasteiger partial charge < -0.3 is 0 Å². The van der Waals surface area contributed by atoms with Gasteiger partial charge in [-0.2, -0.15) is 0 Å². The van der Waals surface area contributed by atoms with E-state index in [0.717, 1.165) is 4.66 Å². The minimum absolute atomic E-state index is 0.234. The number of allylic oxidation sites excluding steroid dienone is 1. The largest absolute Gasteiger partial charge is 0.138 e. The molecule has 0 atom stereocenters. The highest BCUT2D eigenvalue weighted by atomic mass is 35.5. The van der Waals surface area contributed by atoms with Gasteiger partial charge in [-0.05, 0) is 10.1 Å². The van der Waals surface area contributed by atoms with Crippen molar-refractivity contribution in [1.29, 1.82) is 0 Å². The van der Waals surface area contributed by atoms with Crippen molar-refractivity contribution in [3.05, 3.63) is 16.5 Å². The van der Waals surface area contributed by atoms with Crippen LogP contribution in [0.2, 0.25) is 36.3 Å². The Labute approximate surface area is 133 Å². The zero-order valence-electron chi connectivity index (χ0n) is 15.0. The molecule has 0 saturated heterocycles. The average molecular weight is 327 g/mol. The van der Waals surface area contributed by atoms with Crippen LogP contribution in [0.25, 0.3) is 0 Å². The Morgan fingerprint density at radius 3 is 1.70 bits per heavy atom. The lowest BCUT2D eigenvalue weighted by Crippen LogP contribution is -2.37. The minimum Gasteiger partial charge on any atom is -0.126 e. The molecule has 0 spiro atoms. The maximum atomic E-state index is 6.48. The van der Waals surface area contributed by atoms with E-state index in [-0.39, 0.29) is 5.04 Å². The molecule has 0 saturated carbocycles. The molecule has 0 rings (SSSR count). The van der Waals surface area contributed by atoms with E-state index in [9.17, 15) is 0 Å². The molecular formula is C17H31ClSi2. The van der Waals surface area contributed by atoms with Gasteiger partial charge in [0.25, 0.3) is 0 Å². The molecule has 0 aromatic heterocycles. The molecule has 0 aliphatic rings. The molecule has 0 heterocycles. The molecular weight excluding hydrogens is 296 g/mol. The minimum atomic E-state index is -1.66. The first-order valence-corrected chi connectivity index (χ1v) is 13.6. The van der Waals surface area contributed by atoms with Crippen molar-refractivity contribution in [2.75, 3.05) is 0 Å². The predicted octanol–water partition coefficient (Wildman–Crippen LogP) is 6.36. The summed E-state index contributed by atoms with van der Waals surface area (Å²) in [5, 5.41) is 0.526. The second-order valence-corrected chi connectivity index (χ2v) is 19.6. The summed E-state index contributed by atoms with van der Waals surface area (Å²) in [6.07, 6.45) is 1.82. The van der Waals surface area contributed by atoms with Crippen LogP contribution in [0.3, 0.4) is 0 Å². The van der Waals surface area contributed by atoms with E-state index in [1.165, 1.54) is 0 Å². The Hall–Kier alpha value is -0.196. The van der Waals surface area contributed by atoms with E-state index in [0.29, 0.717) is 5.04 Å². The number of halogens is 1. The number of hydrogen-bond acceptors (Lipinski definition) is 0. The zero-order chi connectivity index (χ0) is 16.4. The van der Waals surface area contributed by atoms with Gasteiger partial charge in [0.2, 0.25) is 0 Å². The zero-order valence-corrected chi connectivity index (χ0v) is 17.7. The quantitative estimate of drug-likeness (QED) is 0.298. The average Bonchev–Trinajstić information content (AvgIpc) is 2.20. The Morgan fingerprint density at radius 1 is 0.900 bits per heavy atom.